The standard InChI is InChI=1S/C14H21N3O3/c1-20-8-7-16-13(18)9-17-12-4-2-3-11(15)10(12)5-6-14(17)19/h5-6,11H,2-4,7-9,15H2,1H3,(H,16,18). The number of ether oxygens (including phenoxy) is 1. The molecule has 1 heterocycles. The van der Waals surface area contributed by atoms with E-state index >= 15 is 0 Å². The molecule has 20 heavy (non-hydrogen) atoms. The van der Waals surface area contributed by atoms with Crippen LogP contribution in [0.25, 0.3) is 0 Å². The highest BCUT2D eigenvalue weighted by atomic mass is 16.5. The summed E-state index contributed by atoms with van der Waals surface area (Å²) in [5, 5.41) is 2.72. The fraction of sp³-hybridized carbons (Fsp3) is 0.571. The van der Waals surface area contributed by atoms with Crippen LogP contribution in [0.5, 0.6) is 0 Å². The molecule has 6 nitrogen and oxygen atoms in total. The van der Waals surface area contributed by atoms with Gasteiger partial charge in [-0.25, -0.2) is 0 Å². The monoisotopic (exact) mass is 279 g/mol. The lowest BCUT2D eigenvalue weighted by atomic mass is 9.91. The number of hydrogen-bond acceptors (Lipinski definition) is 4. The summed E-state index contributed by atoms with van der Waals surface area (Å²) in [6.45, 7) is 0.940. The number of carbonyl (C=O) groups excluding carboxylic acids is 1. The number of amides is 1. The third-order valence-corrected chi connectivity index (χ3v) is 3.59. The van der Waals surface area contributed by atoms with Gasteiger partial charge in [-0.2, -0.15) is 0 Å². The van der Waals surface area contributed by atoms with Gasteiger partial charge in [0.05, 0.1) is 6.61 Å². The van der Waals surface area contributed by atoms with Crippen LogP contribution in [0.2, 0.25) is 0 Å². The topological polar surface area (TPSA) is 86.3 Å². The summed E-state index contributed by atoms with van der Waals surface area (Å²) in [4.78, 5) is 23.8. The van der Waals surface area contributed by atoms with E-state index in [1.807, 2.05) is 0 Å². The van der Waals surface area contributed by atoms with E-state index in [-0.39, 0.29) is 24.1 Å². The number of nitrogens with two attached hydrogens (primary N) is 1. The Morgan fingerprint density at radius 3 is 3.10 bits per heavy atom. The number of methoxy groups -OCH3 is 1. The Bertz CT molecular complexity index is 539. The van der Waals surface area contributed by atoms with Gasteiger partial charge >= 0.3 is 0 Å². The van der Waals surface area contributed by atoms with E-state index in [9.17, 15) is 9.59 Å². The van der Waals surface area contributed by atoms with Crippen molar-refractivity contribution in [3.05, 3.63) is 33.7 Å². The van der Waals surface area contributed by atoms with Crippen LogP contribution < -0.4 is 16.6 Å². The first kappa shape index (κ1) is 14.7. The van der Waals surface area contributed by atoms with Crippen molar-refractivity contribution in [1.29, 1.82) is 0 Å². The fourth-order valence-corrected chi connectivity index (χ4v) is 2.56. The van der Waals surface area contributed by atoms with E-state index in [4.69, 9.17) is 10.5 Å². The molecule has 110 valence electrons. The summed E-state index contributed by atoms with van der Waals surface area (Å²) >= 11 is 0. The first-order chi connectivity index (χ1) is 9.63. The van der Waals surface area contributed by atoms with E-state index in [1.165, 1.54) is 10.6 Å². The average Bonchev–Trinajstić information content (AvgIpc) is 2.43. The maximum absolute atomic E-state index is 12.0. The summed E-state index contributed by atoms with van der Waals surface area (Å²) in [7, 11) is 1.58. The second-order valence-corrected chi connectivity index (χ2v) is 5.00. The van der Waals surface area contributed by atoms with E-state index in [0.717, 1.165) is 30.5 Å². The van der Waals surface area contributed by atoms with Crippen LogP contribution in [-0.4, -0.2) is 30.7 Å². The number of pyridine rings is 1. The minimum absolute atomic E-state index is 0.0397. The molecule has 0 aliphatic heterocycles. The first-order valence-corrected chi connectivity index (χ1v) is 6.87. The van der Waals surface area contributed by atoms with Gasteiger partial charge in [0.25, 0.3) is 5.56 Å². The third-order valence-electron chi connectivity index (χ3n) is 3.59. The first-order valence-electron chi connectivity index (χ1n) is 6.87. The summed E-state index contributed by atoms with van der Waals surface area (Å²) in [5.41, 5.74) is 7.80. The minimum atomic E-state index is -0.184. The summed E-state index contributed by atoms with van der Waals surface area (Å²) < 4.78 is 6.41. The number of nitrogens with one attached hydrogen (secondary N) is 1. The van der Waals surface area contributed by atoms with Crippen molar-refractivity contribution >= 4 is 5.91 Å². The van der Waals surface area contributed by atoms with Gasteiger partial charge in [0.1, 0.15) is 6.54 Å². The number of aromatic nitrogens is 1. The average molecular weight is 279 g/mol. The van der Waals surface area contributed by atoms with Crippen LogP contribution in [0.1, 0.15) is 30.1 Å². The molecule has 2 rings (SSSR count). The second-order valence-electron chi connectivity index (χ2n) is 5.00. The van der Waals surface area contributed by atoms with Crippen molar-refractivity contribution in [2.75, 3.05) is 20.3 Å². The van der Waals surface area contributed by atoms with Crippen molar-refractivity contribution in [2.45, 2.75) is 31.8 Å². The fourth-order valence-electron chi connectivity index (χ4n) is 2.56. The zero-order valence-electron chi connectivity index (χ0n) is 11.7. The third kappa shape index (κ3) is 3.26. The van der Waals surface area contributed by atoms with Crippen molar-refractivity contribution in [3.63, 3.8) is 0 Å². The molecule has 1 amide bonds. The molecule has 3 N–H and O–H groups in total. The van der Waals surface area contributed by atoms with E-state index in [2.05, 4.69) is 5.32 Å². The quantitative estimate of drug-likeness (QED) is 0.740. The van der Waals surface area contributed by atoms with Crippen LogP contribution in [0, 0.1) is 0 Å². The van der Waals surface area contributed by atoms with Crippen LogP contribution >= 0.6 is 0 Å². The summed E-state index contributed by atoms with van der Waals surface area (Å²) in [6.07, 6.45) is 2.67. The molecule has 1 atom stereocenters. The van der Waals surface area contributed by atoms with Gasteiger partial charge in [0.15, 0.2) is 0 Å². The molecule has 0 aromatic carbocycles. The molecule has 1 aromatic heterocycles. The molecular weight excluding hydrogens is 258 g/mol. The van der Waals surface area contributed by atoms with Crippen molar-refractivity contribution in [1.82, 2.24) is 9.88 Å². The van der Waals surface area contributed by atoms with Gasteiger partial charge in [-0.1, -0.05) is 6.07 Å². The predicted molar refractivity (Wildman–Crippen MR) is 75.5 cm³/mol. The Balaban J connectivity index is 2.17. The lowest BCUT2D eigenvalue weighted by molar-refractivity contribution is -0.121. The maximum atomic E-state index is 12.0. The number of nitrogens with zero attached hydrogens (tertiary/aromatic N) is 1. The maximum Gasteiger partial charge on any atom is 0.251 e. The number of fused-ring (bicyclic) bond motifs is 1. The van der Waals surface area contributed by atoms with Crippen molar-refractivity contribution < 1.29 is 9.53 Å². The van der Waals surface area contributed by atoms with Crippen LogP contribution in [0.15, 0.2) is 16.9 Å². The van der Waals surface area contributed by atoms with E-state index in [0.29, 0.717) is 13.2 Å². The number of rotatable bonds is 5. The zero-order valence-corrected chi connectivity index (χ0v) is 11.7. The summed E-state index contributed by atoms with van der Waals surface area (Å²) in [6, 6.07) is 3.25. The molecule has 0 radical (unpaired) electrons. The van der Waals surface area contributed by atoms with Crippen LogP contribution in [0.4, 0.5) is 0 Å². The minimum Gasteiger partial charge on any atom is -0.383 e. The van der Waals surface area contributed by atoms with E-state index < -0.39 is 0 Å². The second kappa shape index (κ2) is 6.67. The smallest absolute Gasteiger partial charge is 0.251 e. The molecule has 0 spiro atoms. The molecule has 0 saturated heterocycles. The molecule has 1 aromatic rings. The molecular formula is C14H21N3O3. The van der Waals surface area contributed by atoms with Gasteiger partial charge in [-0.3, -0.25) is 9.59 Å². The molecule has 0 saturated carbocycles. The Morgan fingerprint density at radius 2 is 2.35 bits per heavy atom. The molecule has 1 aliphatic rings. The highest BCUT2D eigenvalue weighted by molar-refractivity contribution is 5.75. The van der Waals surface area contributed by atoms with Gasteiger partial charge in [-0.05, 0) is 24.8 Å². The van der Waals surface area contributed by atoms with Gasteiger partial charge in [0.2, 0.25) is 5.91 Å². The Hall–Kier alpha value is -1.66. The highest BCUT2D eigenvalue weighted by Crippen LogP contribution is 2.26. The Labute approximate surface area is 117 Å². The molecule has 0 bridgehead atoms. The zero-order chi connectivity index (χ0) is 14.5. The predicted octanol–water partition coefficient (Wildman–Crippen LogP) is -0.0530. The molecule has 6 heteroatoms. The van der Waals surface area contributed by atoms with Crippen molar-refractivity contribution in [2.24, 2.45) is 5.73 Å². The largest absolute Gasteiger partial charge is 0.383 e. The van der Waals surface area contributed by atoms with E-state index in [1.54, 1.807) is 13.2 Å². The normalized spacial score (nSPS) is 17.6. The van der Waals surface area contributed by atoms with Gasteiger partial charge < -0.3 is 20.4 Å². The molecule has 1 unspecified atom stereocenters. The Morgan fingerprint density at radius 1 is 1.55 bits per heavy atom. The molecule has 1 aliphatic carbocycles. The number of carbonyl (C=O) groups is 1. The van der Waals surface area contributed by atoms with Crippen LogP contribution in [0.3, 0.4) is 0 Å². The summed E-state index contributed by atoms with van der Waals surface area (Å²) in [5.74, 6) is -0.184. The van der Waals surface area contributed by atoms with Gasteiger partial charge in [0, 0.05) is 31.5 Å². The lowest BCUT2D eigenvalue weighted by Crippen LogP contribution is -2.36. The lowest BCUT2D eigenvalue weighted by Gasteiger charge is -2.25. The van der Waals surface area contributed by atoms with Crippen molar-refractivity contribution in [3.8, 4) is 0 Å². The highest BCUT2D eigenvalue weighted by Gasteiger charge is 2.21. The number of hydrogen-bond donors (Lipinski definition) is 2. The van der Waals surface area contributed by atoms with Crippen LogP contribution in [-0.2, 0) is 22.5 Å². The Kier molecular flexibility index (Phi) is 4.92. The molecule has 0 fully saturated rings. The SMILES string of the molecule is COCCNC(=O)Cn1c2c(ccc1=O)C(N)CCC2. The van der Waals surface area contributed by atoms with Gasteiger partial charge in [-0.15, -0.1) is 0 Å².